The lowest BCUT2D eigenvalue weighted by atomic mass is 10.1. The van der Waals surface area contributed by atoms with Gasteiger partial charge in [-0.05, 0) is 23.6 Å². The SMILES string of the molecule is CC(C)Cn1cncc1CN1CCO[C@@H](c2ccc(F)cc2)C1. The number of hydrogen-bond acceptors (Lipinski definition) is 3. The van der Waals surface area contributed by atoms with Gasteiger partial charge in [0.05, 0.1) is 24.7 Å². The Balaban J connectivity index is 1.65. The fraction of sp³-hybridized carbons (Fsp3) is 0.500. The molecule has 1 aliphatic rings. The normalized spacial score (nSPS) is 19.4. The first-order valence-corrected chi connectivity index (χ1v) is 8.20. The molecule has 1 aliphatic heterocycles. The topological polar surface area (TPSA) is 30.3 Å². The fourth-order valence-corrected chi connectivity index (χ4v) is 2.99. The highest BCUT2D eigenvalue weighted by molar-refractivity contribution is 5.19. The minimum absolute atomic E-state index is 0.00539. The first-order chi connectivity index (χ1) is 11.1. The van der Waals surface area contributed by atoms with E-state index in [1.807, 2.05) is 24.7 Å². The maximum absolute atomic E-state index is 13.1. The lowest BCUT2D eigenvalue weighted by Crippen LogP contribution is -2.38. The highest BCUT2D eigenvalue weighted by Gasteiger charge is 2.23. The standard InChI is InChI=1S/C18H24FN3O/c1-14(2)10-22-13-20-9-17(22)11-21-7-8-23-18(12-21)15-3-5-16(19)6-4-15/h3-6,9,13-14,18H,7-8,10-12H2,1-2H3/t18-/m1/s1. The fourth-order valence-electron chi connectivity index (χ4n) is 2.99. The third kappa shape index (κ3) is 4.18. The zero-order valence-electron chi connectivity index (χ0n) is 13.8. The average molecular weight is 317 g/mol. The molecule has 0 amide bonds. The van der Waals surface area contributed by atoms with Crippen LogP contribution >= 0.6 is 0 Å². The molecule has 3 rings (SSSR count). The van der Waals surface area contributed by atoms with Gasteiger partial charge in [-0.3, -0.25) is 4.90 Å². The van der Waals surface area contributed by atoms with Gasteiger partial charge in [-0.25, -0.2) is 9.37 Å². The number of benzene rings is 1. The number of hydrogen-bond donors (Lipinski definition) is 0. The van der Waals surface area contributed by atoms with Crippen molar-refractivity contribution < 1.29 is 9.13 Å². The van der Waals surface area contributed by atoms with Crippen LogP contribution < -0.4 is 0 Å². The Morgan fingerprint density at radius 3 is 2.83 bits per heavy atom. The molecular weight excluding hydrogens is 293 g/mol. The van der Waals surface area contributed by atoms with E-state index in [0.29, 0.717) is 12.5 Å². The molecule has 1 aromatic carbocycles. The number of rotatable bonds is 5. The molecule has 0 N–H and O–H groups in total. The Kier molecular flexibility index (Phi) is 5.08. The summed E-state index contributed by atoms with van der Waals surface area (Å²) < 4.78 is 21.2. The van der Waals surface area contributed by atoms with E-state index in [9.17, 15) is 4.39 Å². The third-order valence-corrected chi connectivity index (χ3v) is 4.14. The molecule has 0 spiro atoms. The second-order valence-corrected chi connectivity index (χ2v) is 6.58. The van der Waals surface area contributed by atoms with Gasteiger partial charge in [0.15, 0.2) is 0 Å². The molecule has 1 saturated heterocycles. The van der Waals surface area contributed by atoms with Crippen LogP contribution in [0.15, 0.2) is 36.8 Å². The van der Waals surface area contributed by atoms with Crippen molar-refractivity contribution in [2.75, 3.05) is 19.7 Å². The first-order valence-electron chi connectivity index (χ1n) is 8.20. The van der Waals surface area contributed by atoms with Crippen molar-refractivity contribution in [3.05, 3.63) is 53.9 Å². The number of aromatic nitrogens is 2. The summed E-state index contributed by atoms with van der Waals surface area (Å²) in [4.78, 5) is 6.67. The molecule has 0 aliphatic carbocycles. The highest BCUT2D eigenvalue weighted by atomic mass is 19.1. The molecule has 1 aromatic heterocycles. The molecule has 2 heterocycles. The smallest absolute Gasteiger partial charge is 0.123 e. The summed E-state index contributed by atoms with van der Waals surface area (Å²) in [6.07, 6.45) is 3.86. The van der Waals surface area contributed by atoms with Crippen LogP contribution in [0.4, 0.5) is 4.39 Å². The van der Waals surface area contributed by atoms with E-state index in [4.69, 9.17) is 4.74 Å². The van der Waals surface area contributed by atoms with Crippen molar-refractivity contribution >= 4 is 0 Å². The van der Waals surface area contributed by atoms with Crippen LogP contribution in [0.25, 0.3) is 0 Å². The van der Waals surface area contributed by atoms with E-state index in [1.165, 1.54) is 17.8 Å². The molecule has 5 heteroatoms. The zero-order valence-corrected chi connectivity index (χ0v) is 13.8. The summed E-state index contributed by atoms with van der Waals surface area (Å²) in [5.41, 5.74) is 2.27. The van der Waals surface area contributed by atoms with Crippen LogP contribution in [0.1, 0.15) is 31.2 Å². The van der Waals surface area contributed by atoms with E-state index in [-0.39, 0.29) is 11.9 Å². The molecule has 23 heavy (non-hydrogen) atoms. The van der Waals surface area contributed by atoms with Crippen molar-refractivity contribution in [1.29, 1.82) is 0 Å². The van der Waals surface area contributed by atoms with Crippen molar-refractivity contribution in [2.45, 2.75) is 33.0 Å². The molecule has 124 valence electrons. The highest BCUT2D eigenvalue weighted by Crippen LogP contribution is 2.23. The Hall–Kier alpha value is -1.72. The van der Waals surface area contributed by atoms with Gasteiger partial charge in [-0.2, -0.15) is 0 Å². The second kappa shape index (κ2) is 7.23. The van der Waals surface area contributed by atoms with Gasteiger partial charge in [-0.1, -0.05) is 26.0 Å². The number of morpholine rings is 1. The molecule has 0 radical (unpaired) electrons. The van der Waals surface area contributed by atoms with Crippen LogP contribution in [-0.4, -0.2) is 34.1 Å². The van der Waals surface area contributed by atoms with Crippen molar-refractivity contribution in [1.82, 2.24) is 14.5 Å². The van der Waals surface area contributed by atoms with Crippen molar-refractivity contribution in [2.24, 2.45) is 5.92 Å². The maximum Gasteiger partial charge on any atom is 0.123 e. The summed E-state index contributed by atoms with van der Waals surface area (Å²) in [7, 11) is 0. The van der Waals surface area contributed by atoms with Crippen LogP contribution in [-0.2, 0) is 17.8 Å². The van der Waals surface area contributed by atoms with Crippen LogP contribution in [0, 0.1) is 11.7 Å². The van der Waals surface area contributed by atoms with Gasteiger partial charge in [-0.15, -0.1) is 0 Å². The quantitative estimate of drug-likeness (QED) is 0.848. The lowest BCUT2D eigenvalue weighted by Gasteiger charge is -2.33. The minimum Gasteiger partial charge on any atom is -0.371 e. The Morgan fingerprint density at radius 1 is 1.30 bits per heavy atom. The van der Waals surface area contributed by atoms with Gasteiger partial charge in [0.1, 0.15) is 5.82 Å². The Labute approximate surface area is 136 Å². The van der Waals surface area contributed by atoms with E-state index in [1.54, 1.807) is 0 Å². The van der Waals surface area contributed by atoms with E-state index in [0.717, 1.165) is 31.7 Å². The monoisotopic (exact) mass is 317 g/mol. The van der Waals surface area contributed by atoms with Crippen LogP contribution in [0.3, 0.4) is 0 Å². The molecular formula is C18H24FN3O. The van der Waals surface area contributed by atoms with Crippen molar-refractivity contribution in [3.63, 3.8) is 0 Å². The lowest BCUT2D eigenvalue weighted by molar-refractivity contribution is -0.0336. The number of halogens is 1. The summed E-state index contributed by atoms with van der Waals surface area (Å²) in [5.74, 6) is 0.388. The summed E-state index contributed by atoms with van der Waals surface area (Å²) >= 11 is 0. The van der Waals surface area contributed by atoms with E-state index in [2.05, 4.69) is 28.3 Å². The third-order valence-electron chi connectivity index (χ3n) is 4.14. The summed E-state index contributed by atoms with van der Waals surface area (Å²) in [6, 6.07) is 6.61. The van der Waals surface area contributed by atoms with Gasteiger partial charge in [0, 0.05) is 32.4 Å². The van der Waals surface area contributed by atoms with Gasteiger partial charge in [0.2, 0.25) is 0 Å². The number of nitrogens with zero attached hydrogens (tertiary/aromatic N) is 3. The summed E-state index contributed by atoms with van der Waals surface area (Å²) in [5, 5.41) is 0. The van der Waals surface area contributed by atoms with E-state index < -0.39 is 0 Å². The molecule has 0 unspecified atom stereocenters. The zero-order chi connectivity index (χ0) is 16.2. The van der Waals surface area contributed by atoms with Gasteiger partial charge >= 0.3 is 0 Å². The van der Waals surface area contributed by atoms with E-state index >= 15 is 0 Å². The molecule has 1 fully saturated rings. The Morgan fingerprint density at radius 2 is 2.09 bits per heavy atom. The molecule has 2 aromatic rings. The molecule has 1 atom stereocenters. The summed E-state index contributed by atoms with van der Waals surface area (Å²) in [6.45, 7) is 8.70. The average Bonchev–Trinajstić information content (AvgIpc) is 2.94. The van der Waals surface area contributed by atoms with Crippen LogP contribution in [0.2, 0.25) is 0 Å². The Bertz CT molecular complexity index is 623. The minimum atomic E-state index is -0.209. The maximum atomic E-state index is 13.1. The van der Waals surface area contributed by atoms with Crippen molar-refractivity contribution in [3.8, 4) is 0 Å². The molecule has 0 bridgehead atoms. The van der Waals surface area contributed by atoms with Crippen LogP contribution in [0.5, 0.6) is 0 Å². The predicted molar refractivity (Wildman–Crippen MR) is 87.4 cm³/mol. The second-order valence-electron chi connectivity index (χ2n) is 6.58. The predicted octanol–water partition coefficient (Wildman–Crippen LogP) is 3.25. The molecule has 0 saturated carbocycles. The van der Waals surface area contributed by atoms with Gasteiger partial charge < -0.3 is 9.30 Å². The first kappa shape index (κ1) is 16.1. The van der Waals surface area contributed by atoms with Gasteiger partial charge in [0.25, 0.3) is 0 Å². The number of imidazole rings is 1. The largest absolute Gasteiger partial charge is 0.371 e. The number of ether oxygens (including phenoxy) is 1. The molecule has 4 nitrogen and oxygen atoms in total.